The average Bonchev–Trinajstić information content (AvgIpc) is 2.32. The highest BCUT2D eigenvalue weighted by molar-refractivity contribution is 5.77. The molecule has 0 radical (unpaired) electrons. The van der Waals surface area contributed by atoms with Crippen molar-refractivity contribution in [3.05, 3.63) is 35.4 Å². The molecule has 0 fully saturated rings. The number of nitrogens with zero attached hydrogens (tertiary/aromatic N) is 1. The van der Waals surface area contributed by atoms with E-state index in [9.17, 15) is 4.79 Å². The van der Waals surface area contributed by atoms with Crippen molar-refractivity contribution in [2.75, 3.05) is 13.1 Å². The highest BCUT2D eigenvalue weighted by atomic mass is 16.1. The van der Waals surface area contributed by atoms with Crippen molar-refractivity contribution >= 4 is 5.91 Å². The second-order valence-corrected chi connectivity index (χ2v) is 3.85. The number of nitrogens with one attached hydrogen (secondary N) is 2. The van der Waals surface area contributed by atoms with Gasteiger partial charge >= 0.3 is 0 Å². The maximum absolute atomic E-state index is 11.3. The summed E-state index contributed by atoms with van der Waals surface area (Å²) >= 11 is 0. The third-order valence-electron chi connectivity index (χ3n) is 2.29. The predicted molar refractivity (Wildman–Crippen MR) is 66.1 cm³/mol. The van der Waals surface area contributed by atoms with Crippen LogP contribution in [0, 0.1) is 18.3 Å². The second-order valence-electron chi connectivity index (χ2n) is 3.85. The van der Waals surface area contributed by atoms with E-state index in [-0.39, 0.29) is 12.5 Å². The van der Waals surface area contributed by atoms with Crippen LogP contribution in [0.15, 0.2) is 24.3 Å². The summed E-state index contributed by atoms with van der Waals surface area (Å²) in [7, 11) is 0. The van der Waals surface area contributed by atoms with Crippen molar-refractivity contribution in [3.8, 4) is 6.07 Å². The molecule has 0 saturated carbocycles. The molecule has 1 rings (SSSR count). The highest BCUT2D eigenvalue weighted by Crippen LogP contribution is 2.01. The molecule has 1 aromatic rings. The number of aryl methyl sites for hydroxylation is 1. The van der Waals surface area contributed by atoms with Crippen LogP contribution in [0.25, 0.3) is 0 Å². The number of nitriles is 1. The minimum absolute atomic E-state index is 0.0765. The van der Waals surface area contributed by atoms with Crippen molar-refractivity contribution in [2.45, 2.75) is 19.9 Å². The largest absolute Gasteiger partial charge is 0.354 e. The molecule has 0 spiro atoms. The smallest absolute Gasteiger partial charge is 0.234 e. The monoisotopic (exact) mass is 231 g/mol. The molecule has 0 aliphatic heterocycles. The first-order chi connectivity index (χ1) is 8.22. The molecule has 0 atom stereocenters. The average molecular weight is 231 g/mol. The fourth-order valence-electron chi connectivity index (χ4n) is 1.35. The number of benzene rings is 1. The van der Waals surface area contributed by atoms with Crippen molar-refractivity contribution in [1.29, 1.82) is 5.26 Å². The summed E-state index contributed by atoms with van der Waals surface area (Å²) in [4.78, 5) is 11.3. The van der Waals surface area contributed by atoms with Crippen LogP contribution in [-0.4, -0.2) is 19.0 Å². The van der Waals surface area contributed by atoms with Crippen LogP contribution < -0.4 is 10.6 Å². The summed E-state index contributed by atoms with van der Waals surface area (Å²) < 4.78 is 0. The van der Waals surface area contributed by atoms with Crippen molar-refractivity contribution in [3.63, 3.8) is 0 Å². The Labute approximate surface area is 102 Å². The molecule has 4 nitrogen and oxygen atoms in total. The van der Waals surface area contributed by atoms with Gasteiger partial charge in [-0.1, -0.05) is 29.8 Å². The summed E-state index contributed by atoms with van der Waals surface area (Å²) in [6, 6.07) is 10.1. The minimum Gasteiger partial charge on any atom is -0.354 e. The van der Waals surface area contributed by atoms with E-state index in [1.54, 1.807) is 0 Å². The van der Waals surface area contributed by atoms with Gasteiger partial charge in [0.1, 0.15) is 0 Å². The third-order valence-corrected chi connectivity index (χ3v) is 2.29. The van der Waals surface area contributed by atoms with Gasteiger partial charge in [0.05, 0.1) is 19.0 Å². The van der Waals surface area contributed by atoms with Crippen LogP contribution in [-0.2, 0) is 11.3 Å². The lowest BCUT2D eigenvalue weighted by Gasteiger charge is -2.05. The zero-order valence-electron chi connectivity index (χ0n) is 9.99. The number of hydrogen-bond donors (Lipinski definition) is 2. The molecule has 4 heteroatoms. The molecule has 1 aromatic carbocycles. The van der Waals surface area contributed by atoms with Gasteiger partial charge in [-0.05, 0) is 12.5 Å². The number of hydrogen-bond acceptors (Lipinski definition) is 3. The zero-order valence-corrected chi connectivity index (χ0v) is 9.99. The topological polar surface area (TPSA) is 64.9 Å². The van der Waals surface area contributed by atoms with E-state index in [1.165, 1.54) is 5.56 Å². The first kappa shape index (κ1) is 13.2. The minimum atomic E-state index is -0.0765. The van der Waals surface area contributed by atoms with Crippen molar-refractivity contribution < 1.29 is 4.79 Å². The molecule has 1 amide bonds. The molecule has 0 aliphatic carbocycles. The summed E-state index contributed by atoms with van der Waals surface area (Å²) in [6.45, 7) is 3.41. The van der Waals surface area contributed by atoms with E-state index in [1.807, 2.05) is 37.3 Å². The molecule has 90 valence electrons. The lowest BCUT2D eigenvalue weighted by molar-refractivity contribution is -0.120. The summed E-state index contributed by atoms with van der Waals surface area (Å²) in [6.07, 6.45) is 0.351. The van der Waals surface area contributed by atoms with Gasteiger partial charge in [-0.3, -0.25) is 4.79 Å². The number of rotatable bonds is 6. The third kappa shape index (κ3) is 5.69. The van der Waals surface area contributed by atoms with E-state index < -0.39 is 0 Å². The number of carbonyl (C=O) groups is 1. The van der Waals surface area contributed by atoms with E-state index >= 15 is 0 Å². The Morgan fingerprint density at radius 2 is 2.06 bits per heavy atom. The molecule has 0 aliphatic rings. The van der Waals surface area contributed by atoms with Crippen molar-refractivity contribution in [2.24, 2.45) is 0 Å². The van der Waals surface area contributed by atoms with E-state index in [0.29, 0.717) is 19.5 Å². The second kappa shape index (κ2) is 7.42. The summed E-state index contributed by atoms with van der Waals surface area (Å²) in [5.74, 6) is -0.0765. The fraction of sp³-hybridized carbons (Fsp3) is 0.385. The van der Waals surface area contributed by atoms with Crippen LogP contribution in [0.3, 0.4) is 0 Å². The highest BCUT2D eigenvalue weighted by Gasteiger charge is 1.99. The van der Waals surface area contributed by atoms with Crippen LogP contribution in [0.4, 0.5) is 0 Å². The van der Waals surface area contributed by atoms with E-state index in [4.69, 9.17) is 5.26 Å². The normalized spacial score (nSPS) is 9.65. The maximum Gasteiger partial charge on any atom is 0.234 e. The quantitative estimate of drug-likeness (QED) is 0.721. The molecular weight excluding hydrogens is 214 g/mol. The van der Waals surface area contributed by atoms with Gasteiger partial charge < -0.3 is 10.6 Å². The number of amides is 1. The van der Waals surface area contributed by atoms with Gasteiger partial charge in [0.15, 0.2) is 0 Å². The molecule has 0 bridgehead atoms. The van der Waals surface area contributed by atoms with Gasteiger partial charge in [-0.2, -0.15) is 5.26 Å². The first-order valence-electron chi connectivity index (χ1n) is 5.62. The Morgan fingerprint density at radius 3 is 2.71 bits per heavy atom. The molecule has 0 heterocycles. The number of carbonyl (C=O) groups excluding carboxylic acids is 1. The Hall–Kier alpha value is -1.86. The lowest BCUT2D eigenvalue weighted by atomic mass is 10.1. The van der Waals surface area contributed by atoms with Gasteiger partial charge in [0.2, 0.25) is 5.91 Å². The van der Waals surface area contributed by atoms with Crippen molar-refractivity contribution in [1.82, 2.24) is 10.6 Å². The predicted octanol–water partition coefficient (Wildman–Crippen LogP) is 1.11. The van der Waals surface area contributed by atoms with E-state index in [0.717, 1.165) is 5.56 Å². The van der Waals surface area contributed by atoms with Crippen LogP contribution >= 0.6 is 0 Å². The molecule has 2 N–H and O–H groups in total. The molecule has 17 heavy (non-hydrogen) atoms. The van der Waals surface area contributed by atoms with E-state index in [2.05, 4.69) is 10.6 Å². The van der Waals surface area contributed by atoms with Gasteiger partial charge in [0, 0.05) is 13.1 Å². The standard InChI is InChI=1S/C13H17N3O/c1-11-3-5-12(6-4-11)9-15-10-13(17)16-8-2-7-14/h3-6,15H,2,8-10H2,1H3,(H,16,17). The van der Waals surface area contributed by atoms with Crippen LogP contribution in [0.1, 0.15) is 17.5 Å². The van der Waals surface area contributed by atoms with Gasteiger partial charge in [0.25, 0.3) is 0 Å². The Kier molecular flexibility index (Phi) is 5.76. The SMILES string of the molecule is Cc1ccc(CNCC(=O)NCCC#N)cc1. The fourth-order valence-corrected chi connectivity index (χ4v) is 1.35. The van der Waals surface area contributed by atoms with Crippen LogP contribution in [0.5, 0.6) is 0 Å². The van der Waals surface area contributed by atoms with Gasteiger partial charge in [-0.25, -0.2) is 0 Å². The lowest BCUT2D eigenvalue weighted by Crippen LogP contribution is -2.34. The Morgan fingerprint density at radius 1 is 1.35 bits per heavy atom. The molecule has 0 unspecified atom stereocenters. The molecule has 0 aromatic heterocycles. The Bertz CT molecular complexity index is 392. The van der Waals surface area contributed by atoms with Crippen LogP contribution in [0.2, 0.25) is 0 Å². The Balaban J connectivity index is 2.17. The molecule has 0 saturated heterocycles. The zero-order chi connectivity index (χ0) is 12.5. The maximum atomic E-state index is 11.3. The summed E-state index contributed by atoms with van der Waals surface area (Å²) in [5.41, 5.74) is 2.38. The first-order valence-corrected chi connectivity index (χ1v) is 5.62. The summed E-state index contributed by atoms with van der Waals surface area (Å²) in [5, 5.41) is 14.0. The van der Waals surface area contributed by atoms with Gasteiger partial charge in [-0.15, -0.1) is 0 Å². The molecular formula is C13H17N3O.